The minimum absolute atomic E-state index is 0.0324. The van der Waals surface area contributed by atoms with Gasteiger partial charge in [0.2, 0.25) is 0 Å². The van der Waals surface area contributed by atoms with Crippen LogP contribution in [0.1, 0.15) is 58.8 Å². The third-order valence-corrected chi connectivity index (χ3v) is 4.51. The molecule has 0 bridgehead atoms. The van der Waals surface area contributed by atoms with Gasteiger partial charge < -0.3 is 10.0 Å². The first-order valence-electron chi connectivity index (χ1n) is 6.99. The standard InChI is InChI=1S/C14H27NO/c1-14(2)7-4-9-15(10-8-14)12-5-3-6-13(16)11-12/h12-13,16H,3-11H2,1-2H3. The summed E-state index contributed by atoms with van der Waals surface area (Å²) in [5, 5.41) is 9.76. The number of hydrogen-bond acceptors (Lipinski definition) is 2. The molecule has 2 fully saturated rings. The molecular weight excluding hydrogens is 198 g/mol. The molecule has 0 amide bonds. The Balaban J connectivity index is 1.89. The molecular formula is C14H27NO. The molecule has 1 aliphatic carbocycles. The highest BCUT2D eigenvalue weighted by Gasteiger charge is 2.29. The molecule has 2 aliphatic rings. The van der Waals surface area contributed by atoms with Gasteiger partial charge >= 0.3 is 0 Å². The van der Waals surface area contributed by atoms with Crippen LogP contribution in [-0.2, 0) is 0 Å². The summed E-state index contributed by atoms with van der Waals surface area (Å²) >= 11 is 0. The van der Waals surface area contributed by atoms with Crippen LogP contribution >= 0.6 is 0 Å². The molecule has 1 saturated carbocycles. The molecule has 2 unspecified atom stereocenters. The van der Waals surface area contributed by atoms with Crippen LogP contribution in [0.25, 0.3) is 0 Å². The zero-order valence-electron chi connectivity index (χ0n) is 10.9. The van der Waals surface area contributed by atoms with Crippen LogP contribution in [0.4, 0.5) is 0 Å². The summed E-state index contributed by atoms with van der Waals surface area (Å²) in [5.74, 6) is 0. The second-order valence-corrected chi connectivity index (χ2v) is 6.53. The molecule has 16 heavy (non-hydrogen) atoms. The van der Waals surface area contributed by atoms with Crippen LogP contribution < -0.4 is 0 Å². The predicted octanol–water partition coefficient (Wildman–Crippen LogP) is 2.80. The number of nitrogens with zero attached hydrogens (tertiary/aromatic N) is 1. The van der Waals surface area contributed by atoms with Crippen molar-refractivity contribution in [3.8, 4) is 0 Å². The fourth-order valence-corrected chi connectivity index (χ4v) is 3.28. The summed E-state index contributed by atoms with van der Waals surface area (Å²) in [5.41, 5.74) is 0.530. The Kier molecular flexibility index (Phi) is 3.91. The second kappa shape index (κ2) is 5.05. The monoisotopic (exact) mass is 225 g/mol. The van der Waals surface area contributed by atoms with E-state index in [1.54, 1.807) is 0 Å². The van der Waals surface area contributed by atoms with E-state index in [-0.39, 0.29) is 6.10 Å². The molecule has 0 radical (unpaired) electrons. The molecule has 1 aliphatic heterocycles. The zero-order valence-corrected chi connectivity index (χ0v) is 10.9. The molecule has 2 rings (SSSR count). The van der Waals surface area contributed by atoms with E-state index < -0.39 is 0 Å². The van der Waals surface area contributed by atoms with Gasteiger partial charge in [-0.05, 0) is 63.5 Å². The first-order chi connectivity index (χ1) is 7.57. The van der Waals surface area contributed by atoms with Crippen LogP contribution in [0.3, 0.4) is 0 Å². The first-order valence-corrected chi connectivity index (χ1v) is 6.99. The number of rotatable bonds is 1. The average molecular weight is 225 g/mol. The zero-order chi connectivity index (χ0) is 11.6. The van der Waals surface area contributed by atoms with Gasteiger partial charge in [-0.25, -0.2) is 0 Å². The molecule has 2 atom stereocenters. The van der Waals surface area contributed by atoms with Crippen LogP contribution in [-0.4, -0.2) is 35.2 Å². The molecule has 2 heteroatoms. The third-order valence-electron chi connectivity index (χ3n) is 4.51. The average Bonchev–Trinajstić information content (AvgIpc) is 2.39. The van der Waals surface area contributed by atoms with Crippen molar-refractivity contribution < 1.29 is 5.11 Å². The fourth-order valence-electron chi connectivity index (χ4n) is 3.28. The van der Waals surface area contributed by atoms with E-state index in [0.29, 0.717) is 11.5 Å². The van der Waals surface area contributed by atoms with Gasteiger partial charge in [0, 0.05) is 6.04 Å². The second-order valence-electron chi connectivity index (χ2n) is 6.53. The van der Waals surface area contributed by atoms with E-state index in [1.165, 1.54) is 45.2 Å². The lowest BCUT2D eigenvalue weighted by Gasteiger charge is -2.35. The summed E-state index contributed by atoms with van der Waals surface area (Å²) in [4.78, 5) is 2.65. The largest absolute Gasteiger partial charge is 0.393 e. The van der Waals surface area contributed by atoms with E-state index in [2.05, 4.69) is 18.7 Å². The van der Waals surface area contributed by atoms with E-state index >= 15 is 0 Å². The highest BCUT2D eigenvalue weighted by atomic mass is 16.3. The molecule has 1 saturated heterocycles. The number of aliphatic hydroxyl groups excluding tert-OH is 1. The summed E-state index contributed by atoms with van der Waals surface area (Å²) in [6, 6.07) is 0.664. The lowest BCUT2D eigenvalue weighted by molar-refractivity contribution is 0.0620. The Bertz CT molecular complexity index is 227. The van der Waals surface area contributed by atoms with Crippen molar-refractivity contribution in [2.75, 3.05) is 13.1 Å². The van der Waals surface area contributed by atoms with E-state index in [0.717, 1.165) is 12.8 Å². The predicted molar refractivity (Wildman–Crippen MR) is 67.5 cm³/mol. The maximum atomic E-state index is 9.76. The molecule has 0 spiro atoms. The maximum absolute atomic E-state index is 9.76. The third kappa shape index (κ3) is 3.21. The van der Waals surface area contributed by atoms with Gasteiger partial charge in [0.05, 0.1) is 6.10 Å². The Labute approximate surface area is 100 Å². The Hall–Kier alpha value is -0.0800. The molecule has 0 aromatic rings. The van der Waals surface area contributed by atoms with Gasteiger partial charge in [0.1, 0.15) is 0 Å². The van der Waals surface area contributed by atoms with Crippen molar-refractivity contribution in [3.63, 3.8) is 0 Å². The topological polar surface area (TPSA) is 23.5 Å². The molecule has 1 N–H and O–H groups in total. The van der Waals surface area contributed by atoms with Gasteiger partial charge in [0.25, 0.3) is 0 Å². The minimum Gasteiger partial charge on any atom is -0.393 e. The number of aliphatic hydroxyl groups is 1. The summed E-state index contributed by atoms with van der Waals surface area (Å²) < 4.78 is 0. The van der Waals surface area contributed by atoms with E-state index in [4.69, 9.17) is 0 Å². The van der Waals surface area contributed by atoms with Crippen molar-refractivity contribution in [3.05, 3.63) is 0 Å². The lowest BCUT2D eigenvalue weighted by Crippen LogP contribution is -2.41. The minimum atomic E-state index is -0.0324. The van der Waals surface area contributed by atoms with Gasteiger partial charge in [-0.15, -0.1) is 0 Å². The van der Waals surface area contributed by atoms with Gasteiger partial charge in [-0.3, -0.25) is 0 Å². The van der Waals surface area contributed by atoms with Crippen LogP contribution in [0.15, 0.2) is 0 Å². The van der Waals surface area contributed by atoms with Gasteiger partial charge in [-0.1, -0.05) is 13.8 Å². The molecule has 94 valence electrons. The smallest absolute Gasteiger partial charge is 0.0555 e. The molecule has 2 nitrogen and oxygen atoms in total. The highest BCUT2D eigenvalue weighted by Crippen LogP contribution is 2.32. The fraction of sp³-hybridized carbons (Fsp3) is 1.00. The van der Waals surface area contributed by atoms with Crippen molar-refractivity contribution >= 4 is 0 Å². The SMILES string of the molecule is CC1(C)CCCN(C2CCCC(O)C2)CC1. The highest BCUT2D eigenvalue weighted by molar-refractivity contribution is 4.84. The molecule has 0 aromatic heterocycles. The lowest BCUT2D eigenvalue weighted by atomic mass is 9.85. The van der Waals surface area contributed by atoms with E-state index in [1.807, 2.05) is 0 Å². The Morgan fingerprint density at radius 1 is 1.06 bits per heavy atom. The summed E-state index contributed by atoms with van der Waals surface area (Å²) in [7, 11) is 0. The van der Waals surface area contributed by atoms with Crippen molar-refractivity contribution in [1.29, 1.82) is 0 Å². The van der Waals surface area contributed by atoms with Gasteiger partial charge in [0.15, 0.2) is 0 Å². The van der Waals surface area contributed by atoms with Gasteiger partial charge in [-0.2, -0.15) is 0 Å². The molecule has 0 aromatic carbocycles. The molecule has 1 heterocycles. The first kappa shape index (κ1) is 12.4. The van der Waals surface area contributed by atoms with E-state index in [9.17, 15) is 5.11 Å². The maximum Gasteiger partial charge on any atom is 0.0555 e. The van der Waals surface area contributed by atoms with Crippen LogP contribution in [0.2, 0.25) is 0 Å². The summed E-state index contributed by atoms with van der Waals surface area (Å²) in [6.45, 7) is 7.28. The van der Waals surface area contributed by atoms with Crippen molar-refractivity contribution in [2.45, 2.75) is 70.9 Å². The number of likely N-dealkylation sites (tertiary alicyclic amines) is 1. The summed E-state index contributed by atoms with van der Waals surface area (Å²) in [6.07, 6.45) is 8.53. The Morgan fingerprint density at radius 2 is 1.88 bits per heavy atom. The van der Waals surface area contributed by atoms with Crippen LogP contribution in [0.5, 0.6) is 0 Å². The van der Waals surface area contributed by atoms with Crippen molar-refractivity contribution in [1.82, 2.24) is 4.90 Å². The quantitative estimate of drug-likeness (QED) is 0.742. The Morgan fingerprint density at radius 3 is 2.62 bits per heavy atom. The van der Waals surface area contributed by atoms with Crippen molar-refractivity contribution in [2.24, 2.45) is 5.41 Å². The van der Waals surface area contributed by atoms with Crippen LogP contribution in [0, 0.1) is 5.41 Å². The normalized spacial score (nSPS) is 36.9. The number of hydrogen-bond donors (Lipinski definition) is 1.